The first-order valence-electron chi connectivity index (χ1n) is 9.41. The molecule has 0 bridgehead atoms. The van der Waals surface area contributed by atoms with E-state index in [-0.39, 0.29) is 16.6 Å². The third kappa shape index (κ3) is 4.62. The summed E-state index contributed by atoms with van der Waals surface area (Å²) < 4.78 is 31.4. The van der Waals surface area contributed by atoms with Gasteiger partial charge < -0.3 is 9.50 Å². The Morgan fingerprint density at radius 1 is 1.06 bits per heavy atom. The number of rotatable bonds is 5. The topological polar surface area (TPSA) is 97.2 Å². The number of hydrogen-bond acceptors (Lipinski definition) is 7. The molecule has 0 aromatic heterocycles. The van der Waals surface area contributed by atoms with Crippen molar-refractivity contribution in [2.45, 2.75) is 18.7 Å². The number of hydrogen-bond donors (Lipinski definition) is 1. The quantitative estimate of drug-likeness (QED) is 0.360. The first-order valence-corrected chi connectivity index (χ1v) is 11.8. The average molecular weight is 454 g/mol. The molecule has 1 aliphatic rings. The highest BCUT2D eigenvalue weighted by atomic mass is 32.2. The number of nitrogens with zero attached hydrogens (tertiary/aromatic N) is 2. The molecule has 1 fully saturated rings. The van der Waals surface area contributed by atoms with Gasteiger partial charge in [0.25, 0.3) is 0 Å². The van der Waals surface area contributed by atoms with E-state index in [1.165, 1.54) is 24.0 Å². The Labute approximate surface area is 184 Å². The summed E-state index contributed by atoms with van der Waals surface area (Å²) in [5, 5.41) is 12.7. The fraction of sp³-hybridized carbons (Fsp3) is 0.136. The minimum absolute atomic E-state index is 0.0805. The maximum atomic E-state index is 12.9. The maximum Gasteiger partial charge on any atom is 0.339 e. The van der Waals surface area contributed by atoms with Crippen molar-refractivity contribution < 1.29 is 17.4 Å². The molecule has 0 unspecified atom stereocenters. The lowest BCUT2D eigenvalue weighted by Crippen LogP contribution is -2.19. The molecular formula is C22H19N3O4S2. The van der Waals surface area contributed by atoms with Gasteiger partial charge >= 0.3 is 10.1 Å². The molecule has 1 amide bonds. The molecular weight excluding hydrogens is 434 g/mol. The number of benzene rings is 3. The first kappa shape index (κ1) is 21.1. The molecule has 31 heavy (non-hydrogen) atoms. The lowest BCUT2D eigenvalue weighted by atomic mass is 10.0. The zero-order valence-electron chi connectivity index (χ0n) is 16.8. The Kier molecular flexibility index (Phi) is 5.79. The third-order valence-electron chi connectivity index (χ3n) is 4.82. The van der Waals surface area contributed by atoms with Crippen molar-refractivity contribution in [3.8, 4) is 5.75 Å². The van der Waals surface area contributed by atoms with Crippen LogP contribution in [0.15, 0.2) is 69.7 Å². The van der Waals surface area contributed by atoms with Crippen LogP contribution in [0.1, 0.15) is 16.7 Å². The predicted molar refractivity (Wildman–Crippen MR) is 123 cm³/mol. The van der Waals surface area contributed by atoms with Crippen LogP contribution in [0, 0.1) is 13.8 Å². The van der Waals surface area contributed by atoms with E-state index >= 15 is 0 Å². The van der Waals surface area contributed by atoms with Gasteiger partial charge in [-0.25, -0.2) is 0 Å². The van der Waals surface area contributed by atoms with E-state index in [0.29, 0.717) is 16.5 Å². The molecule has 0 atom stereocenters. The summed E-state index contributed by atoms with van der Waals surface area (Å²) in [7, 11) is -4.05. The van der Waals surface area contributed by atoms with Crippen molar-refractivity contribution in [1.29, 1.82) is 0 Å². The molecule has 0 aliphatic carbocycles. The Balaban J connectivity index is 1.74. The van der Waals surface area contributed by atoms with Crippen LogP contribution in [0.3, 0.4) is 0 Å². The van der Waals surface area contributed by atoms with Crippen molar-refractivity contribution in [2.24, 2.45) is 10.2 Å². The summed E-state index contributed by atoms with van der Waals surface area (Å²) in [6, 6.07) is 15.7. The average Bonchev–Trinajstić information content (AvgIpc) is 3.16. The highest BCUT2D eigenvalue weighted by molar-refractivity contribution is 8.15. The molecule has 3 aromatic rings. The fourth-order valence-electron chi connectivity index (χ4n) is 3.04. The molecule has 4 rings (SSSR count). The second kappa shape index (κ2) is 8.52. The lowest BCUT2D eigenvalue weighted by molar-refractivity contribution is -0.116. The van der Waals surface area contributed by atoms with Gasteiger partial charge in [0, 0.05) is 5.56 Å². The molecule has 1 N–H and O–H groups in total. The number of nitrogens with one attached hydrogen (secondary N) is 1. The van der Waals surface area contributed by atoms with Crippen molar-refractivity contribution in [3.63, 3.8) is 0 Å². The molecule has 1 aliphatic heterocycles. The second-order valence-corrected chi connectivity index (χ2v) is 9.48. The Morgan fingerprint density at radius 3 is 2.61 bits per heavy atom. The second-order valence-electron chi connectivity index (χ2n) is 6.97. The van der Waals surface area contributed by atoms with E-state index in [9.17, 15) is 13.2 Å². The van der Waals surface area contributed by atoms with E-state index in [4.69, 9.17) is 4.18 Å². The number of amidine groups is 1. The molecule has 0 spiro atoms. The summed E-state index contributed by atoms with van der Waals surface area (Å²) in [6.45, 7) is 3.76. The van der Waals surface area contributed by atoms with Crippen LogP contribution < -0.4 is 9.50 Å². The van der Waals surface area contributed by atoms with Crippen molar-refractivity contribution >= 4 is 49.9 Å². The van der Waals surface area contributed by atoms with Gasteiger partial charge in [0.2, 0.25) is 5.91 Å². The number of aryl methyl sites for hydroxylation is 2. The summed E-state index contributed by atoms with van der Waals surface area (Å²) in [5.74, 6) is 0.308. The standard InChI is InChI=1S/C22H19N3O4S2/c1-14-7-9-17(11-15(14)2)31(27,28)29-20-10-8-16-5-3-4-6-18(16)19(20)12-23-25-22-24-21(26)13-30-22/h3-12H,13H2,1-2H3,(H,24,25,26)/b23-12+. The number of fused-ring (bicyclic) bond motifs is 1. The smallest absolute Gasteiger partial charge is 0.339 e. The van der Waals surface area contributed by atoms with Gasteiger partial charge in [-0.1, -0.05) is 48.2 Å². The molecule has 158 valence electrons. The first-order chi connectivity index (χ1) is 14.8. The highest BCUT2D eigenvalue weighted by Crippen LogP contribution is 2.29. The van der Waals surface area contributed by atoms with Gasteiger partial charge in [-0.05, 0) is 53.9 Å². The van der Waals surface area contributed by atoms with Gasteiger partial charge in [0.1, 0.15) is 4.90 Å². The third-order valence-corrected chi connectivity index (χ3v) is 6.91. The largest absolute Gasteiger partial charge is 0.378 e. The highest BCUT2D eigenvalue weighted by Gasteiger charge is 2.20. The van der Waals surface area contributed by atoms with Gasteiger partial charge in [-0.3, -0.25) is 4.79 Å². The molecule has 1 saturated heterocycles. The minimum Gasteiger partial charge on any atom is -0.378 e. The number of amides is 1. The monoisotopic (exact) mass is 453 g/mol. The normalized spacial score (nSPS) is 15.7. The number of carbonyl (C=O) groups excluding carboxylic acids is 1. The summed E-state index contributed by atoms with van der Waals surface area (Å²) in [4.78, 5) is 11.4. The Bertz CT molecular complexity index is 1350. The van der Waals surface area contributed by atoms with E-state index in [2.05, 4.69) is 15.5 Å². The molecule has 0 radical (unpaired) electrons. The zero-order chi connectivity index (χ0) is 22.0. The summed E-state index contributed by atoms with van der Waals surface area (Å²) in [6.07, 6.45) is 1.44. The minimum atomic E-state index is -4.05. The van der Waals surface area contributed by atoms with Crippen LogP contribution in [-0.4, -0.2) is 31.5 Å². The molecule has 3 aromatic carbocycles. The fourth-order valence-corrected chi connectivity index (χ4v) is 4.70. The SMILES string of the molecule is Cc1ccc(S(=O)(=O)Oc2ccc3ccccc3c2/C=N/N=C2\NC(=O)CS2)cc1C. The number of carbonyl (C=O) groups is 1. The lowest BCUT2D eigenvalue weighted by Gasteiger charge is -2.12. The molecule has 1 heterocycles. The zero-order valence-corrected chi connectivity index (χ0v) is 18.5. The van der Waals surface area contributed by atoms with E-state index in [0.717, 1.165) is 21.9 Å². The van der Waals surface area contributed by atoms with Gasteiger partial charge in [0.05, 0.1) is 12.0 Å². The van der Waals surface area contributed by atoms with Crippen LogP contribution in [0.4, 0.5) is 0 Å². The predicted octanol–water partition coefficient (Wildman–Crippen LogP) is 3.78. The van der Waals surface area contributed by atoms with Gasteiger partial charge in [0.15, 0.2) is 10.9 Å². The summed E-state index contributed by atoms with van der Waals surface area (Å²) in [5.41, 5.74) is 2.33. The Morgan fingerprint density at radius 2 is 1.87 bits per heavy atom. The van der Waals surface area contributed by atoms with E-state index in [1.54, 1.807) is 24.3 Å². The van der Waals surface area contributed by atoms with Gasteiger partial charge in [-0.2, -0.15) is 13.5 Å². The van der Waals surface area contributed by atoms with E-state index < -0.39 is 10.1 Å². The van der Waals surface area contributed by atoms with Gasteiger partial charge in [-0.15, -0.1) is 5.10 Å². The summed E-state index contributed by atoms with van der Waals surface area (Å²) >= 11 is 1.25. The van der Waals surface area contributed by atoms with Crippen molar-refractivity contribution in [3.05, 3.63) is 71.3 Å². The van der Waals surface area contributed by atoms with Crippen LogP contribution in [0.2, 0.25) is 0 Å². The molecule has 9 heteroatoms. The molecule has 0 saturated carbocycles. The van der Waals surface area contributed by atoms with E-state index in [1.807, 2.05) is 38.1 Å². The van der Waals surface area contributed by atoms with Crippen LogP contribution in [0.25, 0.3) is 10.8 Å². The maximum absolute atomic E-state index is 12.9. The van der Waals surface area contributed by atoms with Crippen LogP contribution in [-0.2, 0) is 14.9 Å². The van der Waals surface area contributed by atoms with Crippen molar-refractivity contribution in [2.75, 3.05) is 5.75 Å². The molecule has 7 nitrogen and oxygen atoms in total. The van der Waals surface area contributed by atoms with Crippen LogP contribution in [0.5, 0.6) is 5.75 Å². The Hall–Kier alpha value is -3.17. The van der Waals surface area contributed by atoms with Crippen molar-refractivity contribution in [1.82, 2.24) is 5.32 Å². The van der Waals surface area contributed by atoms with Crippen LogP contribution >= 0.6 is 11.8 Å². The number of thioether (sulfide) groups is 1.